The zero-order valence-corrected chi connectivity index (χ0v) is 10.3. The van der Waals surface area contributed by atoms with Crippen molar-refractivity contribution in [3.8, 4) is 17.1 Å². The van der Waals surface area contributed by atoms with Gasteiger partial charge in [0.05, 0.1) is 19.2 Å². The van der Waals surface area contributed by atoms with Gasteiger partial charge < -0.3 is 14.4 Å². The van der Waals surface area contributed by atoms with Crippen LogP contribution < -0.4 is 4.74 Å². The van der Waals surface area contributed by atoms with Crippen LogP contribution >= 0.6 is 0 Å². The number of carbonyl (C=O) groups is 1. The number of carboxylic acids is 1. The molecule has 5 nitrogen and oxygen atoms in total. The first-order valence-electron chi connectivity index (χ1n) is 5.48. The SMILES string of the molecule is COc1ccc(-c2nc(CC(=O)O)cn2C)cc1. The van der Waals surface area contributed by atoms with E-state index in [4.69, 9.17) is 9.84 Å². The normalized spacial score (nSPS) is 10.3. The van der Waals surface area contributed by atoms with Crippen molar-refractivity contribution >= 4 is 5.97 Å². The summed E-state index contributed by atoms with van der Waals surface area (Å²) in [7, 11) is 3.46. The van der Waals surface area contributed by atoms with Gasteiger partial charge in [-0.05, 0) is 24.3 Å². The molecule has 1 aromatic heterocycles. The van der Waals surface area contributed by atoms with Crippen molar-refractivity contribution in [3.63, 3.8) is 0 Å². The second-order valence-electron chi connectivity index (χ2n) is 3.97. The van der Waals surface area contributed by atoms with Crippen LogP contribution in [-0.2, 0) is 18.3 Å². The van der Waals surface area contributed by atoms with Crippen LogP contribution in [0.3, 0.4) is 0 Å². The number of imidazole rings is 1. The number of benzene rings is 1. The summed E-state index contributed by atoms with van der Waals surface area (Å²) < 4.78 is 6.91. The number of aryl methyl sites for hydroxylation is 1. The Morgan fingerprint density at radius 2 is 2.06 bits per heavy atom. The Morgan fingerprint density at radius 3 is 2.61 bits per heavy atom. The van der Waals surface area contributed by atoms with Crippen molar-refractivity contribution in [2.24, 2.45) is 7.05 Å². The monoisotopic (exact) mass is 246 g/mol. The average molecular weight is 246 g/mol. The minimum Gasteiger partial charge on any atom is -0.497 e. The molecule has 94 valence electrons. The van der Waals surface area contributed by atoms with Crippen LogP contribution in [0.25, 0.3) is 11.4 Å². The molecule has 18 heavy (non-hydrogen) atoms. The molecule has 0 aliphatic rings. The summed E-state index contributed by atoms with van der Waals surface area (Å²) in [6.45, 7) is 0. The molecule has 0 aliphatic carbocycles. The summed E-state index contributed by atoms with van der Waals surface area (Å²) in [6, 6.07) is 7.49. The lowest BCUT2D eigenvalue weighted by Crippen LogP contribution is -1.99. The molecule has 0 unspecified atom stereocenters. The molecule has 0 amide bonds. The second kappa shape index (κ2) is 4.91. The molecule has 1 heterocycles. The zero-order valence-electron chi connectivity index (χ0n) is 10.3. The molecular weight excluding hydrogens is 232 g/mol. The molecule has 0 bridgehead atoms. The highest BCUT2D eigenvalue weighted by Crippen LogP contribution is 2.21. The van der Waals surface area contributed by atoms with Crippen molar-refractivity contribution in [2.75, 3.05) is 7.11 Å². The van der Waals surface area contributed by atoms with E-state index in [-0.39, 0.29) is 6.42 Å². The molecule has 5 heteroatoms. The van der Waals surface area contributed by atoms with Crippen molar-refractivity contribution < 1.29 is 14.6 Å². The number of hydrogen-bond acceptors (Lipinski definition) is 3. The molecule has 0 saturated carbocycles. The molecule has 0 aliphatic heterocycles. The highest BCUT2D eigenvalue weighted by atomic mass is 16.5. The van der Waals surface area contributed by atoms with Gasteiger partial charge in [-0.2, -0.15) is 0 Å². The van der Waals surface area contributed by atoms with Crippen molar-refractivity contribution in [1.82, 2.24) is 9.55 Å². The summed E-state index contributed by atoms with van der Waals surface area (Å²) in [4.78, 5) is 15.0. The number of methoxy groups -OCH3 is 1. The van der Waals surface area contributed by atoms with E-state index in [1.807, 2.05) is 35.9 Å². The van der Waals surface area contributed by atoms with Gasteiger partial charge in [0.2, 0.25) is 0 Å². The van der Waals surface area contributed by atoms with Crippen LogP contribution in [-0.4, -0.2) is 27.7 Å². The van der Waals surface area contributed by atoms with Gasteiger partial charge in [0, 0.05) is 18.8 Å². The number of carboxylic acid groups (broad SMARTS) is 1. The smallest absolute Gasteiger partial charge is 0.309 e. The predicted molar refractivity (Wildman–Crippen MR) is 66.5 cm³/mol. The van der Waals surface area contributed by atoms with E-state index >= 15 is 0 Å². The van der Waals surface area contributed by atoms with E-state index in [1.165, 1.54) is 0 Å². The Balaban J connectivity index is 2.31. The maximum atomic E-state index is 10.6. The van der Waals surface area contributed by atoms with E-state index in [1.54, 1.807) is 13.3 Å². The van der Waals surface area contributed by atoms with Crippen LogP contribution in [0.1, 0.15) is 5.69 Å². The predicted octanol–water partition coefficient (Wildman–Crippen LogP) is 1.72. The van der Waals surface area contributed by atoms with Gasteiger partial charge in [0.15, 0.2) is 0 Å². The van der Waals surface area contributed by atoms with Gasteiger partial charge >= 0.3 is 5.97 Å². The lowest BCUT2D eigenvalue weighted by Gasteiger charge is -2.03. The van der Waals surface area contributed by atoms with E-state index in [0.29, 0.717) is 5.69 Å². The van der Waals surface area contributed by atoms with Gasteiger partial charge in [0.25, 0.3) is 0 Å². The van der Waals surface area contributed by atoms with Gasteiger partial charge in [-0.25, -0.2) is 4.98 Å². The molecule has 0 fully saturated rings. The van der Waals surface area contributed by atoms with Crippen LogP contribution in [0, 0.1) is 0 Å². The molecule has 0 radical (unpaired) electrons. The molecule has 0 spiro atoms. The van der Waals surface area contributed by atoms with E-state index in [0.717, 1.165) is 17.1 Å². The van der Waals surface area contributed by atoms with Crippen LogP contribution in [0.2, 0.25) is 0 Å². The van der Waals surface area contributed by atoms with E-state index in [9.17, 15) is 4.79 Å². The third kappa shape index (κ3) is 2.51. The van der Waals surface area contributed by atoms with E-state index in [2.05, 4.69) is 4.98 Å². The standard InChI is InChI=1S/C13H14N2O3/c1-15-8-10(7-12(16)17)14-13(15)9-3-5-11(18-2)6-4-9/h3-6,8H,7H2,1-2H3,(H,16,17). The summed E-state index contributed by atoms with van der Waals surface area (Å²) >= 11 is 0. The van der Waals surface area contributed by atoms with Gasteiger partial charge in [-0.3, -0.25) is 4.79 Å². The number of aromatic nitrogens is 2. The Labute approximate surface area is 105 Å². The first-order chi connectivity index (χ1) is 8.60. The quantitative estimate of drug-likeness (QED) is 0.892. The third-order valence-electron chi connectivity index (χ3n) is 2.61. The molecule has 2 aromatic rings. The fourth-order valence-corrected chi connectivity index (χ4v) is 1.78. The fourth-order valence-electron chi connectivity index (χ4n) is 1.78. The average Bonchev–Trinajstić information content (AvgIpc) is 2.69. The topological polar surface area (TPSA) is 64.3 Å². The third-order valence-corrected chi connectivity index (χ3v) is 2.61. The molecule has 2 rings (SSSR count). The number of rotatable bonds is 4. The summed E-state index contributed by atoms with van der Waals surface area (Å²) in [5.74, 6) is 0.641. The Morgan fingerprint density at radius 1 is 1.39 bits per heavy atom. The van der Waals surface area contributed by atoms with Gasteiger partial charge in [-0.1, -0.05) is 0 Å². The molecule has 0 atom stereocenters. The molecule has 0 saturated heterocycles. The summed E-state index contributed by atoms with van der Waals surface area (Å²) in [6.07, 6.45) is 1.66. The van der Waals surface area contributed by atoms with Crippen molar-refractivity contribution in [3.05, 3.63) is 36.2 Å². The summed E-state index contributed by atoms with van der Waals surface area (Å²) in [5.41, 5.74) is 1.48. The van der Waals surface area contributed by atoms with Crippen LogP contribution in [0.5, 0.6) is 5.75 Å². The molecular formula is C13H14N2O3. The second-order valence-corrected chi connectivity index (χ2v) is 3.97. The Hall–Kier alpha value is -2.30. The summed E-state index contributed by atoms with van der Waals surface area (Å²) in [5, 5.41) is 8.74. The Bertz CT molecular complexity index is 558. The number of nitrogens with zero attached hydrogens (tertiary/aromatic N) is 2. The zero-order chi connectivity index (χ0) is 13.1. The minimum atomic E-state index is -0.880. The maximum Gasteiger partial charge on any atom is 0.309 e. The highest BCUT2D eigenvalue weighted by molar-refractivity contribution is 5.70. The fraction of sp³-hybridized carbons (Fsp3) is 0.231. The van der Waals surface area contributed by atoms with Gasteiger partial charge in [0.1, 0.15) is 11.6 Å². The first kappa shape index (κ1) is 12.2. The van der Waals surface area contributed by atoms with Crippen LogP contribution in [0.15, 0.2) is 30.5 Å². The maximum absolute atomic E-state index is 10.6. The first-order valence-corrected chi connectivity index (χ1v) is 5.48. The number of ether oxygens (including phenoxy) is 1. The van der Waals surface area contributed by atoms with E-state index < -0.39 is 5.97 Å². The highest BCUT2D eigenvalue weighted by Gasteiger charge is 2.10. The number of aliphatic carboxylic acids is 1. The van der Waals surface area contributed by atoms with Crippen LogP contribution in [0.4, 0.5) is 0 Å². The Kier molecular flexibility index (Phi) is 3.32. The minimum absolute atomic E-state index is 0.0655. The largest absolute Gasteiger partial charge is 0.497 e. The lowest BCUT2D eigenvalue weighted by atomic mass is 10.2. The number of hydrogen-bond donors (Lipinski definition) is 1. The van der Waals surface area contributed by atoms with Gasteiger partial charge in [-0.15, -0.1) is 0 Å². The van der Waals surface area contributed by atoms with Crippen molar-refractivity contribution in [1.29, 1.82) is 0 Å². The van der Waals surface area contributed by atoms with Crippen molar-refractivity contribution in [2.45, 2.75) is 6.42 Å². The lowest BCUT2D eigenvalue weighted by molar-refractivity contribution is -0.136. The molecule has 1 N–H and O–H groups in total. The molecule has 1 aromatic carbocycles.